The Hall–Kier alpha value is -4.37. The zero-order valence-electron chi connectivity index (χ0n) is 28.5. The summed E-state index contributed by atoms with van der Waals surface area (Å²) < 4.78 is 27.3. The second kappa shape index (κ2) is 16.6. The fourth-order valence-electron chi connectivity index (χ4n) is 6.39. The number of likely N-dealkylation sites (N-methyl/N-ethyl adjacent to an activating group) is 1. The topological polar surface area (TPSA) is 157 Å². The van der Waals surface area contributed by atoms with Gasteiger partial charge in [-0.1, -0.05) is 36.9 Å². The Morgan fingerprint density at radius 2 is 1.78 bits per heavy atom. The molecule has 0 aliphatic carbocycles. The number of likely N-dealkylation sites (tertiary alicyclic amines) is 1. The number of aromatic nitrogens is 2. The van der Waals surface area contributed by atoms with Gasteiger partial charge in [0, 0.05) is 75.1 Å². The van der Waals surface area contributed by atoms with Crippen molar-refractivity contribution < 1.29 is 23.1 Å². The lowest BCUT2D eigenvalue weighted by Crippen LogP contribution is -2.51. The van der Waals surface area contributed by atoms with Gasteiger partial charge in [0.1, 0.15) is 0 Å². The Balaban J connectivity index is 1.18. The predicted molar refractivity (Wildman–Crippen MR) is 194 cm³/mol. The Morgan fingerprint density at radius 3 is 2.48 bits per heavy atom. The lowest BCUT2D eigenvalue weighted by Gasteiger charge is -2.39. The van der Waals surface area contributed by atoms with E-state index in [9.17, 15) is 27.9 Å². The van der Waals surface area contributed by atoms with Crippen LogP contribution in [-0.4, -0.2) is 108 Å². The number of benzene rings is 2. The van der Waals surface area contributed by atoms with Gasteiger partial charge in [-0.05, 0) is 62.9 Å². The number of anilines is 1. The second-order valence-corrected chi connectivity index (χ2v) is 15.0. The molecule has 3 aromatic rings. The van der Waals surface area contributed by atoms with Gasteiger partial charge in [-0.15, -0.1) is 0 Å². The molecule has 0 radical (unpaired) electrons. The summed E-state index contributed by atoms with van der Waals surface area (Å²) in [6.07, 6.45) is 6.77. The van der Waals surface area contributed by atoms with Gasteiger partial charge < -0.3 is 25.1 Å². The maximum Gasteiger partial charge on any atom is 0.261 e. The molecule has 0 spiro atoms. The summed E-state index contributed by atoms with van der Waals surface area (Å²) in [6, 6.07) is 14.6. The lowest BCUT2D eigenvalue weighted by molar-refractivity contribution is -0.140. The molecule has 2 amide bonds. The van der Waals surface area contributed by atoms with Crippen LogP contribution < -0.4 is 15.6 Å². The molecule has 5 rings (SSSR count). The van der Waals surface area contributed by atoms with E-state index in [1.54, 1.807) is 29.3 Å². The van der Waals surface area contributed by atoms with Gasteiger partial charge in [0.2, 0.25) is 21.8 Å². The summed E-state index contributed by atoms with van der Waals surface area (Å²) in [5.41, 5.74) is 0.458. The zero-order chi connectivity index (χ0) is 35.7. The minimum absolute atomic E-state index is 0.0310. The van der Waals surface area contributed by atoms with E-state index in [1.165, 1.54) is 17.0 Å². The monoisotopic (exact) mass is 705 g/mol. The van der Waals surface area contributed by atoms with Crippen LogP contribution in [0.25, 0.3) is 10.9 Å². The number of sulfonamides is 1. The highest BCUT2D eigenvalue weighted by atomic mass is 32.2. The first-order chi connectivity index (χ1) is 23.9. The number of piperidine rings is 1. The molecule has 50 heavy (non-hydrogen) atoms. The number of hydrogen-bond donors (Lipinski definition) is 3. The molecule has 1 unspecified atom stereocenters. The van der Waals surface area contributed by atoms with Gasteiger partial charge in [-0.25, -0.2) is 18.1 Å². The van der Waals surface area contributed by atoms with E-state index in [-0.39, 0.29) is 49.2 Å². The van der Waals surface area contributed by atoms with Crippen molar-refractivity contribution in [2.24, 2.45) is 5.92 Å². The zero-order valence-corrected chi connectivity index (χ0v) is 29.4. The van der Waals surface area contributed by atoms with E-state index < -0.39 is 15.6 Å². The minimum atomic E-state index is -3.54. The third-order valence-electron chi connectivity index (χ3n) is 9.46. The number of aliphatic hydroxyl groups is 1. The lowest BCUT2D eigenvalue weighted by atomic mass is 9.88. The Kier molecular flexibility index (Phi) is 12.2. The highest BCUT2D eigenvalue weighted by Gasteiger charge is 2.36. The van der Waals surface area contributed by atoms with Crippen LogP contribution in [0, 0.1) is 5.92 Å². The molecule has 2 saturated heterocycles. The molecule has 268 valence electrons. The maximum atomic E-state index is 13.7. The number of nitrogens with zero attached hydrogens (tertiary/aromatic N) is 5. The molecular weight excluding hydrogens is 659 g/mol. The molecule has 0 bridgehead atoms. The van der Waals surface area contributed by atoms with E-state index in [4.69, 9.17) is 0 Å². The number of carbonyl (C=O) groups excluding carboxylic acids is 2. The Labute approximate surface area is 293 Å². The first-order valence-corrected chi connectivity index (χ1v) is 18.6. The number of nitrogens with one attached hydrogen (secondary N) is 2. The van der Waals surface area contributed by atoms with Crippen molar-refractivity contribution in [1.82, 2.24) is 29.0 Å². The first-order valence-electron chi connectivity index (χ1n) is 17.0. The van der Waals surface area contributed by atoms with Crippen LogP contribution in [0.1, 0.15) is 31.2 Å². The quantitative estimate of drug-likeness (QED) is 0.169. The number of rotatable bonds is 14. The fraction of sp³-hybridized carbons (Fsp3) is 0.444. The Morgan fingerprint density at radius 1 is 1.06 bits per heavy atom. The SMILES string of the molecule is C=CS(=O)(=O)NCCCC(Cc1ccccc1)C(=O)N1CCC(O)(Cn2cnc3cc(NC(=O)C=CN4CCN(C)CC4)ccc3c2=O)CC1. The van der Waals surface area contributed by atoms with E-state index in [2.05, 4.69) is 38.4 Å². The van der Waals surface area contributed by atoms with Crippen molar-refractivity contribution >= 4 is 38.4 Å². The molecule has 3 N–H and O–H groups in total. The van der Waals surface area contributed by atoms with Crippen LogP contribution in [0.4, 0.5) is 5.69 Å². The molecule has 14 heteroatoms. The van der Waals surface area contributed by atoms with Gasteiger partial charge in [0.15, 0.2) is 0 Å². The van der Waals surface area contributed by atoms with Crippen molar-refractivity contribution in [3.8, 4) is 0 Å². The molecule has 1 atom stereocenters. The molecule has 2 aromatic carbocycles. The van der Waals surface area contributed by atoms with Crippen LogP contribution in [0.3, 0.4) is 0 Å². The van der Waals surface area contributed by atoms with Crippen molar-refractivity contribution in [3.05, 3.63) is 95.0 Å². The maximum absolute atomic E-state index is 13.7. The highest BCUT2D eigenvalue weighted by Crippen LogP contribution is 2.27. The number of fused-ring (bicyclic) bond motifs is 1. The van der Waals surface area contributed by atoms with E-state index in [0.29, 0.717) is 48.9 Å². The number of amides is 2. The average molecular weight is 706 g/mol. The van der Waals surface area contributed by atoms with Gasteiger partial charge in [0.05, 0.1) is 29.4 Å². The summed E-state index contributed by atoms with van der Waals surface area (Å²) in [4.78, 5) is 50.2. The highest BCUT2D eigenvalue weighted by molar-refractivity contribution is 7.92. The normalized spacial score (nSPS) is 17.6. The molecule has 3 heterocycles. The van der Waals surface area contributed by atoms with E-state index in [1.807, 2.05) is 30.3 Å². The molecule has 0 saturated carbocycles. The molecule has 1 aromatic heterocycles. The largest absolute Gasteiger partial charge is 0.388 e. The van der Waals surface area contributed by atoms with Crippen LogP contribution >= 0.6 is 0 Å². The molecule has 2 aliphatic heterocycles. The third-order valence-corrected chi connectivity index (χ3v) is 10.5. The number of piperazine rings is 1. The van der Waals surface area contributed by atoms with Crippen molar-refractivity contribution in [2.75, 3.05) is 58.2 Å². The van der Waals surface area contributed by atoms with Gasteiger partial charge in [-0.3, -0.25) is 19.0 Å². The van der Waals surface area contributed by atoms with Gasteiger partial charge in [0.25, 0.3) is 5.56 Å². The summed E-state index contributed by atoms with van der Waals surface area (Å²) in [5, 5.41) is 15.6. The molecule has 2 aliphatic rings. The molecule has 2 fully saturated rings. The number of hydrogen-bond acceptors (Lipinski definition) is 9. The molecule has 13 nitrogen and oxygen atoms in total. The fourth-order valence-corrected chi connectivity index (χ4v) is 6.93. The average Bonchev–Trinajstić information content (AvgIpc) is 3.11. The predicted octanol–water partition coefficient (Wildman–Crippen LogP) is 2.15. The number of carbonyl (C=O) groups is 2. The second-order valence-electron chi connectivity index (χ2n) is 13.2. The summed E-state index contributed by atoms with van der Waals surface area (Å²) >= 11 is 0. The minimum Gasteiger partial charge on any atom is -0.388 e. The van der Waals surface area contributed by atoms with Crippen LogP contribution in [-0.2, 0) is 32.6 Å². The van der Waals surface area contributed by atoms with E-state index >= 15 is 0 Å². The van der Waals surface area contributed by atoms with Crippen molar-refractivity contribution in [1.29, 1.82) is 0 Å². The van der Waals surface area contributed by atoms with Gasteiger partial charge in [-0.2, -0.15) is 0 Å². The summed E-state index contributed by atoms with van der Waals surface area (Å²) in [5.74, 6) is -0.664. The van der Waals surface area contributed by atoms with Crippen LogP contribution in [0.5, 0.6) is 0 Å². The van der Waals surface area contributed by atoms with Crippen molar-refractivity contribution in [3.63, 3.8) is 0 Å². The summed E-state index contributed by atoms with van der Waals surface area (Å²) in [7, 11) is -1.47. The first kappa shape index (κ1) is 36.9. The van der Waals surface area contributed by atoms with Crippen LogP contribution in [0.15, 0.2) is 83.9 Å². The summed E-state index contributed by atoms with van der Waals surface area (Å²) in [6.45, 7) is 7.80. The van der Waals surface area contributed by atoms with Crippen molar-refractivity contribution in [2.45, 2.75) is 44.2 Å². The standard InChI is InChI=1S/C36H47N7O6S/c1-3-50(48,49)38-16-7-10-29(24-28-8-5-4-6-9-28)34(45)42-18-14-36(47,15-19-42)26-43-27-37-32-25-30(11-12-31(32)35(43)46)39-33(44)13-17-41-22-20-40(2)21-23-41/h3-6,8-9,11-13,17,25,27,29,38,47H,1,7,10,14-16,18-24,26H2,2H3,(H,39,44). The third kappa shape index (κ3) is 10.1. The van der Waals surface area contributed by atoms with Gasteiger partial charge >= 0.3 is 0 Å². The molecular formula is C36H47N7O6S. The smallest absolute Gasteiger partial charge is 0.261 e. The Bertz CT molecular complexity index is 1850. The van der Waals surface area contributed by atoms with Crippen LogP contribution in [0.2, 0.25) is 0 Å². The van der Waals surface area contributed by atoms with E-state index in [0.717, 1.165) is 37.2 Å².